The lowest BCUT2D eigenvalue weighted by atomic mass is 9.94. The molecule has 0 radical (unpaired) electrons. The number of anilines is 2. The van der Waals surface area contributed by atoms with Gasteiger partial charge in [0.05, 0.1) is 35.0 Å². The van der Waals surface area contributed by atoms with Crippen molar-refractivity contribution in [2.75, 3.05) is 30.9 Å². The van der Waals surface area contributed by atoms with Crippen LogP contribution in [0.1, 0.15) is 37.0 Å². The van der Waals surface area contributed by atoms with Gasteiger partial charge < -0.3 is 20.5 Å². The Kier molecular flexibility index (Phi) is 4.96. The first-order valence-electron chi connectivity index (χ1n) is 7.07. The van der Waals surface area contributed by atoms with E-state index in [0.717, 1.165) is 19.4 Å². The summed E-state index contributed by atoms with van der Waals surface area (Å²) in [7, 11) is 0. The van der Waals surface area contributed by atoms with Crippen LogP contribution in [0.25, 0.3) is 0 Å². The minimum Gasteiger partial charge on any atom is -0.462 e. The highest BCUT2D eigenvalue weighted by Crippen LogP contribution is 2.34. The third kappa shape index (κ3) is 3.80. The van der Waals surface area contributed by atoms with E-state index in [4.69, 9.17) is 26.8 Å². The largest absolute Gasteiger partial charge is 0.462 e. The Morgan fingerprint density at radius 3 is 2.95 bits per heavy atom. The zero-order chi connectivity index (χ0) is 15.5. The summed E-state index contributed by atoms with van der Waals surface area (Å²) in [5.74, 6) is -0.436. The Balaban J connectivity index is 2.34. The third-order valence-electron chi connectivity index (χ3n) is 3.47. The van der Waals surface area contributed by atoms with Crippen LogP contribution < -0.4 is 11.1 Å². The third-order valence-corrected chi connectivity index (χ3v) is 3.77. The van der Waals surface area contributed by atoms with Crippen LogP contribution in [-0.4, -0.2) is 31.3 Å². The number of nitrogens with two attached hydrogens (primary N) is 1. The average Bonchev–Trinajstić information content (AvgIpc) is 2.42. The van der Waals surface area contributed by atoms with Gasteiger partial charge in [0.1, 0.15) is 0 Å². The van der Waals surface area contributed by atoms with Crippen molar-refractivity contribution in [2.24, 2.45) is 0 Å². The zero-order valence-corrected chi connectivity index (χ0v) is 13.1. The first-order chi connectivity index (χ1) is 9.95. The fourth-order valence-electron chi connectivity index (χ4n) is 2.46. The van der Waals surface area contributed by atoms with E-state index in [1.165, 1.54) is 0 Å². The quantitative estimate of drug-likeness (QED) is 0.660. The Bertz CT molecular complexity index is 528. The van der Waals surface area contributed by atoms with Gasteiger partial charge in [-0.05, 0) is 38.8 Å². The van der Waals surface area contributed by atoms with Crippen molar-refractivity contribution >= 4 is 28.9 Å². The lowest BCUT2D eigenvalue weighted by molar-refractivity contribution is 0.0514. The van der Waals surface area contributed by atoms with E-state index in [1.54, 1.807) is 19.1 Å². The average molecular weight is 313 g/mol. The SMILES string of the molecule is CCOC(=O)c1cc(N)cc(Cl)c1NC1(C)CCCOC1. The molecule has 6 heteroatoms. The highest BCUT2D eigenvalue weighted by atomic mass is 35.5. The number of hydrogen-bond donors (Lipinski definition) is 2. The zero-order valence-electron chi connectivity index (χ0n) is 12.4. The molecule has 0 saturated carbocycles. The van der Waals surface area contributed by atoms with Crippen LogP contribution in [0.2, 0.25) is 5.02 Å². The minimum atomic E-state index is -0.436. The van der Waals surface area contributed by atoms with Gasteiger partial charge in [0.2, 0.25) is 0 Å². The number of nitrogen functional groups attached to an aromatic ring is 1. The molecule has 0 bridgehead atoms. The lowest BCUT2D eigenvalue weighted by Gasteiger charge is -2.36. The van der Waals surface area contributed by atoms with E-state index in [0.29, 0.717) is 35.2 Å². The molecule has 0 spiro atoms. The molecule has 0 amide bonds. The summed E-state index contributed by atoms with van der Waals surface area (Å²) in [6, 6.07) is 3.21. The van der Waals surface area contributed by atoms with E-state index in [1.807, 2.05) is 6.92 Å². The maximum atomic E-state index is 12.1. The van der Waals surface area contributed by atoms with Gasteiger partial charge in [-0.3, -0.25) is 0 Å². The smallest absolute Gasteiger partial charge is 0.340 e. The fourth-order valence-corrected chi connectivity index (χ4v) is 2.73. The molecule has 0 aromatic heterocycles. The molecule has 1 fully saturated rings. The normalized spacial score (nSPS) is 21.9. The molecule has 21 heavy (non-hydrogen) atoms. The van der Waals surface area contributed by atoms with Gasteiger partial charge >= 0.3 is 5.97 Å². The minimum absolute atomic E-state index is 0.265. The second kappa shape index (κ2) is 6.54. The molecule has 1 saturated heterocycles. The molecule has 1 unspecified atom stereocenters. The first-order valence-corrected chi connectivity index (χ1v) is 7.45. The highest BCUT2D eigenvalue weighted by molar-refractivity contribution is 6.34. The van der Waals surface area contributed by atoms with Crippen molar-refractivity contribution in [3.63, 3.8) is 0 Å². The van der Waals surface area contributed by atoms with Gasteiger partial charge in [0, 0.05) is 12.3 Å². The van der Waals surface area contributed by atoms with Gasteiger partial charge in [-0.15, -0.1) is 0 Å². The summed E-state index contributed by atoms with van der Waals surface area (Å²) < 4.78 is 10.6. The van der Waals surface area contributed by atoms with Crippen molar-refractivity contribution in [1.29, 1.82) is 0 Å². The molecule has 116 valence electrons. The van der Waals surface area contributed by atoms with Crippen LogP contribution in [0.4, 0.5) is 11.4 Å². The summed E-state index contributed by atoms with van der Waals surface area (Å²) in [5.41, 5.74) is 6.86. The maximum Gasteiger partial charge on any atom is 0.340 e. The maximum absolute atomic E-state index is 12.1. The summed E-state index contributed by atoms with van der Waals surface area (Å²) in [6.07, 6.45) is 1.90. The number of ether oxygens (including phenoxy) is 2. The molecule has 2 rings (SSSR count). The molecule has 0 aliphatic carbocycles. The monoisotopic (exact) mass is 312 g/mol. The number of nitrogens with one attached hydrogen (secondary N) is 1. The van der Waals surface area contributed by atoms with Crippen molar-refractivity contribution in [3.05, 3.63) is 22.7 Å². The van der Waals surface area contributed by atoms with Gasteiger partial charge in [0.15, 0.2) is 0 Å². The Morgan fingerprint density at radius 1 is 1.57 bits per heavy atom. The number of rotatable bonds is 4. The second-order valence-corrected chi connectivity index (χ2v) is 5.89. The van der Waals surface area contributed by atoms with Gasteiger partial charge in [0.25, 0.3) is 0 Å². The van der Waals surface area contributed by atoms with Crippen molar-refractivity contribution in [2.45, 2.75) is 32.2 Å². The molecular formula is C15H21ClN2O3. The summed E-state index contributed by atoms with van der Waals surface area (Å²) in [4.78, 5) is 12.1. The van der Waals surface area contributed by atoms with Crippen LogP contribution in [0.15, 0.2) is 12.1 Å². The van der Waals surface area contributed by atoms with Crippen LogP contribution in [-0.2, 0) is 9.47 Å². The molecular weight excluding hydrogens is 292 g/mol. The molecule has 1 aromatic rings. The summed E-state index contributed by atoms with van der Waals surface area (Å²) in [5, 5.41) is 3.75. The molecule has 1 aromatic carbocycles. The van der Waals surface area contributed by atoms with Crippen LogP contribution in [0.5, 0.6) is 0 Å². The standard InChI is InChI=1S/C15H21ClN2O3/c1-3-21-14(19)11-7-10(17)8-12(16)13(11)18-15(2)5-4-6-20-9-15/h7-8,18H,3-6,9,17H2,1-2H3. The molecule has 1 aliphatic rings. The number of halogens is 1. The van der Waals surface area contributed by atoms with Gasteiger partial charge in [-0.25, -0.2) is 4.79 Å². The summed E-state index contributed by atoms with van der Waals surface area (Å²) >= 11 is 6.27. The Labute approximate surface area is 129 Å². The van der Waals surface area contributed by atoms with Crippen LogP contribution in [0.3, 0.4) is 0 Å². The molecule has 1 atom stereocenters. The Morgan fingerprint density at radius 2 is 2.33 bits per heavy atom. The van der Waals surface area contributed by atoms with Gasteiger partial charge in [-0.1, -0.05) is 11.6 Å². The highest BCUT2D eigenvalue weighted by Gasteiger charge is 2.30. The number of hydrogen-bond acceptors (Lipinski definition) is 5. The number of esters is 1. The van der Waals surface area contributed by atoms with E-state index in [2.05, 4.69) is 5.32 Å². The molecule has 3 N–H and O–H groups in total. The second-order valence-electron chi connectivity index (χ2n) is 5.49. The van der Waals surface area contributed by atoms with Crippen LogP contribution in [0, 0.1) is 0 Å². The van der Waals surface area contributed by atoms with Gasteiger partial charge in [-0.2, -0.15) is 0 Å². The topological polar surface area (TPSA) is 73.6 Å². The number of benzene rings is 1. The van der Waals surface area contributed by atoms with E-state index >= 15 is 0 Å². The molecule has 5 nitrogen and oxygen atoms in total. The van der Waals surface area contributed by atoms with E-state index in [9.17, 15) is 4.79 Å². The van der Waals surface area contributed by atoms with E-state index < -0.39 is 5.97 Å². The van der Waals surface area contributed by atoms with Crippen molar-refractivity contribution < 1.29 is 14.3 Å². The van der Waals surface area contributed by atoms with Crippen molar-refractivity contribution in [1.82, 2.24) is 0 Å². The van der Waals surface area contributed by atoms with E-state index in [-0.39, 0.29) is 5.54 Å². The fraction of sp³-hybridized carbons (Fsp3) is 0.533. The van der Waals surface area contributed by atoms with Crippen molar-refractivity contribution in [3.8, 4) is 0 Å². The lowest BCUT2D eigenvalue weighted by Crippen LogP contribution is -2.43. The van der Waals surface area contributed by atoms with Crippen LogP contribution >= 0.6 is 11.6 Å². The number of carbonyl (C=O) groups is 1. The Hall–Kier alpha value is -1.46. The predicted octanol–water partition coefficient (Wildman–Crippen LogP) is 3.08. The number of carbonyl (C=O) groups excluding carboxylic acids is 1. The first kappa shape index (κ1) is 15.9. The molecule has 1 aliphatic heterocycles. The molecule has 1 heterocycles. The summed E-state index contributed by atoms with van der Waals surface area (Å²) in [6.45, 7) is 5.43. The predicted molar refractivity (Wildman–Crippen MR) is 83.9 cm³/mol.